The maximum Gasteiger partial charge on any atom is 0.410 e. The van der Waals surface area contributed by atoms with Crippen LogP contribution in [-0.2, 0) is 21.3 Å². The molecule has 0 radical (unpaired) electrons. The molecule has 0 spiro atoms. The van der Waals surface area contributed by atoms with E-state index >= 15 is 0 Å². The molecular formula is C16H24N2O3S. The van der Waals surface area contributed by atoms with Crippen molar-refractivity contribution in [3.8, 4) is 0 Å². The monoisotopic (exact) mass is 324 g/mol. The summed E-state index contributed by atoms with van der Waals surface area (Å²) in [5, 5.41) is 0.00873. The molecule has 1 amide bonds. The van der Waals surface area contributed by atoms with E-state index in [4.69, 9.17) is 4.74 Å². The zero-order valence-corrected chi connectivity index (χ0v) is 14.3. The fourth-order valence-corrected chi connectivity index (χ4v) is 3.94. The summed E-state index contributed by atoms with van der Waals surface area (Å²) in [6, 6.07) is 3.76. The van der Waals surface area contributed by atoms with E-state index in [2.05, 4.69) is 4.98 Å². The fraction of sp³-hybridized carbons (Fsp3) is 0.625. The van der Waals surface area contributed by atoms with Gasteiger partial charge in [-0.2, -0.15) is 0 Å². The van der Waals surface area contributed by atoms with Gasteiger partial charge >= 0.3 is 6.09 Å². The van der Waals surface area contributed by atoms with E-state index < -0.39 is 16.4 Å². The Morgan fingerprint density at radius 1 is 1.41 bits per heavy atom. The Morgan fingerprint density at radius 3 is 2.73 bits per heavy atom. The number of amides is 1. The van der Waals surface area contributed by atoms with Crippen molar-refractivity contribution in [2.75, 3.05) is 13.1 Å². The van der Waals surface area contributed by atoms with Crippen LogP contribution in [0.4, 0.5) is 4.79 Å². The maximum atomic E-state index is 12.5. The normalized spacial score (nSPS) is 20.5. The lowest BCUT2D eigenvalue weighted by Crippen LogP contribution is -2.46. The predicted molar refractivity (Wildman–Crippen MR) is 86.9 cm³/mol. The van der Waals surface area contributed by atoms with Gasteiger partial charge in [0.15, 0.2) is 0 Å². The lowest BCUT2D eigenvalue weighted by Gasteiger charge is -2.33. The summed E-state index contributed by atoms with van der Waals surface area (Å²) in [7, 11) is -0.995. The summed E-state index contributed by atoms with van der Waals surface area (Å²) in [6.07, 6.45) is 4.86. The highest BCUT2D eigenvalue weighted by atomic mass is 32.2. The van der Waals surface area contributed by atoms with Crippen molar-refractivity contribution in [1.29, 1.82) is 0 Å². The lowest BCUT2D eigenvalue weighted by atomic mass is 10.1. The first-order valence-electron chi connectivity index (χ1n) is 7.59. The van der Waals surface area contributed by atoms with Crippen molar-refractivity contribution in [2.45, 2.75) is 50.2 Å². The third-order valence-electron chi connectivity index (χ3n) is 3.46. The molecule has 5 nitrogen and oxygen atoms in total. The van der Waals surface area contributed by atoms with Gasteiger partial charge < -0.3 is 9.64 Å². The van der Waals surface area contributed by atoms with Crippen molar-refractivity contribution in [2.24, 2.45) is 0 Å². The van der Waals surface area contributed by atoms with Crippen molar-refractivity contribution in [3.05, 3.63) is 30.1 Å². The van der Waals surface area contributed by atoms with Crippen molar-refractivity contribution >= 4 is 16.9 Å². The second-order valence-electron chi connectivity index (χ2n) is 6.57. The van der Waals surface area contributed by atoms with Crippen LogP contribution in [0, 0.1) is 0 Å². The number of carbonyl (C=O) groups excluding carboxylic acids is 1. The van der Waals surface area contributed by atoms with Crippen molar-refractivity contribution < 1.29 is 13.7 Å². The molecule has 122 valence electrons. The molecule has 1 saturated heterocycles. The maximum absolute atomic E-state index is 12.5. The van der Waals surface area contributed by atoms with E-state index in [1.54, 1.807) is 17.3 Å². The van der Waals surface area contributed by atoms with Crippen LogP contribution in [0.5, 0.6) is 0 Å². The Kier molecular flexibility index (Phi) is 5.56. The molecule has 2 atom stereocenters. The van der Waals surface area contributed by atoms with E-state index in [0.29, 0.717) is 18.8 Å². The number of hydrogen-bond donors (Lipinski definition) is 0. The van der Waals surface area contributed by atoms with Gasteiger partial charge in [0.2, 0.25) is 0 Å². The number of likely N-dealkylation sites (tertiary alicyclic amines) is 1. The molecule has 2 rings (SSSR count). The van der Waals surface area contributed by atoms with Crippen LogP contribution in [0.3, 0.4) is 0 Å². The van der Waals surface area contributed by atoms with Crippen LogP contribution >= 0.6 is 0 Å². The van der Waals surface area contributed by atoms with E-state index in [-0.39, 0.29) is 11.3 Å². The highest BCUT2D eigenvalue weighted by Crippen LogP contribution is 2.20. The first-order valence-corrected chi connectivity index (χ1v) is 8.97. The van der Waals surface area contributed by atoms with Gasteiger partial charge in [0.25, 0.3) is 0 Å². The summed E-state index contributed by atoms with van der Waals surface area (Å²) in [6.45, 7) is 6.75. The molecule has 0 aromatic carbocycles. The molecule has 1 aromatic rings. The minimum absolute atomic E-state index is 0.00873. The minimum Gasteiger partial charge on any atom is -0.444 e. The zero-order chi connectivity index (χ0) is 16.2. The second kappa shape index (κ2) is 7.22. The van der Waals surface area contributed by atoms with E-state index in [1.807, 2.05) is 32.9 Å². The fourth-order valence-electron chi connectivity index (χ4n) is 2.41. The van der Waals surface area contributed by atoms with Gasteiger partial charge in [0.1, 0.15) is 5.60 Å². The molecule has 0 aliphatic carbocycles. The third-order valence-corrected chi connectivity index (χ3v) is 5.21. The summed E-state index contributed by atoms with van der Waals surface area (Å²) in [5.41, 5.74) is 0.517. The van der Waals surface area contributed by atoms with Crippen LogP contribution in [0.2, 0.25) is 0 Å². The number of aromatic nitrogens is 1. The van der Waals surface area contributed by atoms with Crippen LogP contribution in [0.25, 0.3) is 0 Å². The number of hydrogen-bond acceptors (Lipinski definition) is 4. The molecule has 0 saturated carbocycles. The first-order chi connectivity index (χ1) is 10.3. The topological polar surface area (TPSA) is 59.5 Å². The Hall–Kier alpha value is -1.43. The summed E-state index contributed by atoms with van der Waals surface area (Å²) in [5.74, 6) is 0.509. The van der Waals surface area contributed by atoms with Gasteiger partial charge in [0.05, 0.1) is 5.25 Å². The van der Waals surface area contributed by atoms with Gasteiger partial charge in [-0.3, -0.25) is 9.19 Å². The summed E-state index contributed by atoms with van der Waals surface area (Å²) < 4.78 is 17.9. The van der Waals surface area contributed by atoms with Crippen LogP contribution < -0.4 is 0 Å². The third kappa shape index (κ3) is 5.09. The first kappa shape index (κ1) is 16.9. The van der Waals surface area contributed by atoms with Crippen molar-refractivity contribution in [1.82, 2.24) is 9.88 Å². The molecule has 2 heterocycles. The lowest BCUT2D eigenvalue weighted by molar-refractivity contribution is 0.0219. The SMILES string of the molecule is CC(C)(C)OC(=O)N1CCCC(S(=O)Cc2ccncc2)C1. The van der Waals surface area contributed by atoms with E-state index in [9.17, 15) is 9.00 Å². The van der Waals surface area contributed by atoms with Crippen LogP contribution in [-0.4, -0.2) is 44.1 Å². The Balaban J connectivity index is 1.92. The average molecular weight is 324 g/mol. The number of rotatable bonds is 3. The Labute approximate surface area is 134 Å². The number of nitrogens with zero attached hydrogens (tertiary/aromatic N) is 2. The van der Waals surface area contributed by atoms with Crippen molar-refractivity contribution in [3.63, 3.8) is 0 Å². The molecule has 1 aliphatic rings. The molecule has 0 N–H and O–H groups in total. The van der Waals surface area contributed by atoms with E-state index in [1.165, 1.54) is 0 Å². The largest absolute Gasteiger partial charge is 0.444 e. The predicted octanol–water partition coefficient (Wildman–Crippen LogP) is 2.73. The summed E-state index contributed by atoms with van der Waals surface area (Å²) in [4.78, 5) is 17.8. The quantitative estimate of drug-likeness (QED) is 0.858. The van der Waals surface area contributed by atoms with E-state index in [0.717, 1.165) is 18.4 Å². The summed E-state index contributed by atoms with van der Waals surface area (Å²) >= 11 is 0. The molecule has 0 bridgehead atoms. The molecule has 1 aliphatic heterocycles. The van der Waals surface area contributed by atoms with Gasteiger partial charge in [-0.25, -0.2) is 4.79 Å². The molecular weight excluding hydrogens is 300 g/mol. The second-order valence-corrected chi connectivity index (χ2v) is 8.29. The Morgan fingerprint density at radius 2 is 2.09 bits per heavy atom. The minimum atomic E-state index is -0.995. The average Bonchev–Trinajstić information content (AvgIpc) is 2.46. The van der Waals surface area contributed by atoms with Gasteiger partial charge in [-0.05, 0) is 51.3 Å². The standard InChI is InChI=1S/C16H24N2O3S/c1-16(2,3)21-15(19)18-10-4-5-14(11-18)22(20)12-13-6-8-17-9-7-13/h6-9,14H,4-5,10-12H2,1-3H3. The molecule has 2 unspecified atom stereocenters. The molecule has 22 heavy (non-hydrogen) atoms. The van der Waals surface area contributed by atoms with Crippen LogP contribution in [0.15, 0.2) is 24.5 Å². The highest BCUT2D eigenvalue weighted by molar-refractivity contribution is 7.84. The molecule has 1 fully saturated rings. The Bertz CT molecular complexity index is 528. The molecule has 6 heteroatoms. The van der Waals surface area contributed by atoms with Gasteiger partial charge in [0, 0.05) is 42.0 Å². The number of piperidine rings is 1. The molecule has 1 aromatic heterocycles. The number of ether oxygens (including phenoxy) is 1. The number of carbonyl (C=O) groups is 1. The zero-order valence-electron chi connectivity index (χ0n) is 13.4. The van der Waals surface area contributed by atoms with Crippen LogP contribution in [0.1, 0.15) is 39.2 Å². The smallest absolute Gasteiger partial charge is 0.410 e. The van der Waals surface area contributed by atoms with Gasteiger partial charge in [-0.15, -0.1) is 0 Å². The highest BCUT2D eigenvalue weighted by Gasteiger charge is 2.30. The van der Waals surface area contributed by atoms with Gasteiger partial charge in [-0.1, -0.05) is 0 Å². The number of pyridine rings is 1.